The van der Waals surface area contributed by atoms with E-state index in [1.807, 2.05) is 7.05 Å². The van der Waals surface area contributed by atoms with Gasteiger partial charge in [-0.1, -0.05) is 0 Å². The molecule has 1 aliphatic heterocycles. The highest BCUT2D eigenvalue weighted by molar-refractivity contribution is 5.94. The first kappa shape index (κ1) is 17.3. The highest BCUT2D eigenvalue weighted by atomic mass is 19.1. The van der Waals surface area contributed by atoms with Crippen molar-refractivity contribution in [2.75, 3.05) is 33.9 Å². The first-order valence-electron chi connectivity index (χ1n) is 7.89. The number of rotatable bonds is 5. The number of aromatic amines is 1. The van der Waals surface area contributed by atoms with E-state index in [-0.39, 0.29) is 24.2 Å². The Kier molecular flexibility index (Phi) is 5.25. The van der Waals surface area contributed by atoms with Gasteiger partial charge in [0.1, 0.15) is 5.82 Å². The average molecular weight is 349 g/mol. The number of morpholine rings is 1. The lowest BCUT2D eigenvalue weighted by molar-refractivity contribution is 0.00193. The predicted molar refractivity (Wildman–Crippen MR) is 86.7 cm³/mol. The van der Waals surface area contributed by atoms with Gasteiger partial charge in [-0.15, -0.1) is 0 Å². The van der Waals surface area contributed by atoms with Gasteiger partial charge in [-0.05, 0) is 25.2 Å². The smallest absolute Gasteiger partial charge is 0.251 e. The van der Waals surface area contributed by atoms with Gasteiger partial charge in [-0.3, -0.25) is 14.8 Å². The standard InChI is InChI=1S/C16H20FN5O3/c1-22-5-6-25-9-12(22)15-19-14(20-21-15)8-18-16(23)10-3-4-11(17)13(7-10)24-2/h3-4,7,12H,5-6,8-9H2,1-2H3,(H,18,23)(H,19,20,21). The van der Waals surface area contributed by atoms with Crippen LogP contribution in [0.4, 0.5) is 4.39 Å². The lowest BCUT2D eigenvalue weighted by Gasteiger charge is -2.30. The summed E-state index contributed by atoms with van der Waals surface area (Å²) in [7, 11) is 3.34. The van der Waals surface area contributed by atoms with Crippen LogP contribution >= 0.6 is 0 Å². The molecule has 1 aliphatic rings. The third-order valence-electron chi connectivity index (χ3n) is 4.07. The highest BCUT2D eigenvalue weighted by Crippen LogP contribution is 2.19. The van der Waals surface area contributed by atoms with Crippen molar-refractivity contribution >= 4 is 5.91 Å². The summed E-state index contributed by atoms with van der Waals surface area (Å²) < 4.78 is 23.7. The number of H-pyrrole nitrogens is 1. The van der Waals surface area contributed by atoms with Crippen molar-refractivity contribution in [3.8, 4) is 5.75 Å². The van der Waals surface area contributed by atoms with Crippen LogP contribution in [0.15, 0.2) is 18.2 Å². The van der Waals surface area contributed by atoms with Crippen molar-refractivity contribution in [3.05, 3.63) is 41.2 Å². The Labute approximate surface area is 144 Å². The number of methoxy groups -OCH3 is 1. The van der Waals surface area contributed by atoms with Crippen LogP contribution < -0.4 is 10.1 Å². The molecule has 2 N–H and O–H groups in total. The molecule has 9 heteroatoms. The van der Waals surface area contributed by atoms with E-state index < -0.39 is 5.82 Å². The van der Waals surface area contributed by atoms with Gasteiger partial charge in [-0.2, -0.15) is 5.10 Å². The molecule has 0 saturated carbocycles. The zero-order valence-corrected chi connectivity index (χ0v) is 14.1. The van der Waals surface area contributed by atoms with Gasteiger partial charge in [0.15, 0.2) is 17.4 Å². The lowest BCUT2D eigenvalue weighted by Crippen LogP contribution is -2.37. The van der Waals surface area contributed by atoms with Gasteiger partial charge < -0.3 is 14.8 Å². The topological polar surface area (TPSA) is 92.4 Å². The minimum absolute atomic E-state index is 0.00388. The van der Waals surface area contributed by atoms with Crippen molar-refractivity contribution in [1.82, 2.24) is 25.4 Å². The predicted octanol–water partition coefficient (Wildman–Crippen LogP) is 0.885. The maximum Gasteiger partial charge on any atom is 0.251 e. The summed E-state index contributed by atoms with van der Waals surface area (Å²) in [4.78, 5) is 18.7. The first-order chi connectivity index (χ1) is 12.1. The summed E-state index contributed by atoms with van der Waals surface area (Å²) in [5, 5.41) is 9.74. The van der Waals surface area contributed by atoms with Crippen LogP contribution in [0.3, 0.4) is 0 Å². The molecule has 3 rings (SSSR count). The summed E-state index contributed by atoms with van der Waals surface area (Å²) in [6.07, 6.45) is 0. The van der Waals surface area contributed by atoms with Crippen LogP contribution in [0.25, 0.3) is 0 Å². The van der Waals surface area contributed by atoms with Crippen LogP contribution in [0.5, 0.6) is 5.75 Å². The second-order valence-electron chi connectivity index (χ2n) is 5.74. The van der Waals surface area contributed by atoms with Gasteiger partial charge in [0.25, 0.3) is 5.91 Å². The molecule has 134 valence electrons. The molecule has 1 saturated heterocycles. The number of likely N-dealkylation sites (N-methyl/N-ethyl adjacent to an activating group) is 1. The Hall–Kier alpha value is -2.52. The fraction of sp³-hybridized carbons (Fsp3) is 0.438. The number of benzene rings is 1. The number of ether oxygens (including phenoxy) is 2. The third kappa shape index (κ3) is 3.94. The Morgan fingerprint density at radius 2 is 2.40 bits per heavy atom. The third-order valence-corrected chi connectivity index (χ3v) is 4.07. The second kappa shape index (κ2) is 7.58. The van der Waals surface area contributed by atoms with Crippen molar-refractivity contribution < 1.29 is 18.7 Å². The Bertz CT molecular complexity index is 751. The van der Waals surface area contributed by atoms with Crippen molar-refractivity contribution in [2.45, 2.75) is 12.6 Å². The lowest BCUT2D eigenvalue weighted by atomic mass is 10.2. The molecule has 1 amide bonds. The highest BCUT2D eigenvalue weighted by Gasteiger charge is 2.25. The molecule has 1 fully saturated rings. The number of halogens is 1. The van der Waals surface area contributed by atoms with E-state index in [4.69, 9.17) is 9.47 Å². The van der Waals surface area contributed by atoms with Gasteiger partial charge >= 0.3 is 0 Å². The molecule has 1 aromatic carbocycles. The Morgan fingerprint density at radius 3 is 3.16 bits per heavy atom. The molecule has 0 bridgehead atoms. The molecule has 25 heavy (non-hydrogen) atoms. The number of nitrogens with one attached hydrogen (secondary N) is 2. The molecule has 0 spiro atoms. The fourth-order valence-corrected chi connectivity index (χ4v) is 2.56. The number of hydrogen-bond acceptors (Lipinski definition) is 6. The van der Waals surface area contributed by atoms with E-state index in [9.17, 15) is 9.18 Å². The van der Waals surface area contributed by atoms with Crippen LogP contribution in [0.2, 0.25) is 0 Å². The van der Waals surface area contributed by atoms with Crippen molar-refractivity contribution in [1.29, 1.82) is 0 Å². The number of amides is 1. The molecule has 1 unspecified atom stereocenters. The number of nitrogens with zero attached hydrogens (tertiary/aromatic N) is 3. The normalized spacial score (nSPS) is 18.1. The molecular formula is C16H20FN5O3. The summed E-state index contributed by atoms with van der Waals surface area (Å²) in [6.45, 7) is 2.23. The number of hydrogen-bond donors (Lipinski definition) is 2. The van der Waals surface area contributed by atoms with Crippen molar-refractivity contribution in [3.63, 3.8) is 0 Å². The summed E-state index contributed by atoms with van der Waals surface area (Å²) in [5.41, 5.74) is 0.304. The largest absolute Gasteiger partial charge is 0.494 e. The van der Waals surface area contributed by atoms with E-state index in [1.54, 1.807) is 0 Å². The zero-order chi connectivity index (χ0) is 17.8. The summed E-state index contributed by atoms with van der Waals surface area (Å²) in [5.74, 6) is 0.327. The quantitative estimate of drug-likeness (QED) is 0.833. The monoisotopic (exact) mass is 349 g/mol. The van der Waals surface area contributed by atoms with Gasteiger partial charge in [0, 0.05) is 12.1 Å². The van der Waals surface area contributed by atoms with E-state index in [0.29, 0.717) is 30.4 Å². The second-order valence-corrected chi connectivity index (χ2v) is 5.74. The van der Waals surface area contributed by atoms with E-state index in [0.717, 1.165) is 6.54 Å². The van der Waals surface area contributed by atoms with Crippen LogP contribution in [-0.4, -0.2) is 59.9 Å². The number of carbonyl (C=O) groups excluding carboxylic acids is 1. The van der Waals surface area contributed by atoms with Crippen molar-refractivity contribution in [2.24, 2.45) is 0 Å². The zero-order valence-electron chi connectivity index (χ0n) is 14.1. The molecular weight excluding hydrogens is 329 g/mol. The van der Waals surface area contributed by atoms with E-state index in [1.165, 1.54) is 25.3 Å². The van der Waals surface area contributed by atoms with Crippen LogP contribution in [0, 0.1) is 5.82 Å². The molecule has 2 heterocycles. The molecule has 0 aliphatic carbocycles. The number of carbonyl (C=O) groups is 1. The molecule has 1 aromatic heterocycles. The van der Waals surface area contributed by atoms with Gasteiger partial charge in [0.2, 0.25) is 0 Å². The molecule has 2 aromatic rings. The first-order valence-corrected chi connectivity index (χ1v) is 7.89. The summed E-state index contributed by atoms with van der Waals surface area (Å²) >= 11 is 0. The minimum atomic E-state index is -0.516. The Balaban J connectivity index is 1.61. The fourth-order valence-electron chi connectivity index (χ4n) is 2.56. The average Bonchev–Trinajstić information content (AvgIpc) is 3.09. The van der Waals surface area contributed by atoms with E-state index >= 15 is 0 Å². The van der Waals surface area contributed by atoms with Gasteiger partial charge in [0.05, 0.1) is 32.9 Å². The maximum atomic E-state index is 13.4. The Morgan fingerprint density at radius 1 is 1.56 bits per heavy atom. The van der Waals surface area contributed by atoms with Crippen LogP contribution in [-0.2, 0) is 11.3 Å². The van der Waals surface area contributed by atoms with Gasteiger partial charge in [-0.25, -0.2) is 9.37 Å². The molecule has 0 radical (unpaired) electrons. The summed E-state index contributed by atoms with van der Waals surface area (Å²) in [6, 6.07) is 3.94. The molecule has 1 atom stereocenters. The maximum absolute atomic E-state index is 13.4. The minimum Gasteiger partial charge on any atom is -0.494 e. The van der Waals surface area contributed by atoms with E-state index in [2.05, 4.69) is 25.4 Å². The van der Waals surface area contributed by atoms with Crippen LogP contribution in [0.1, 0.15) is 28.0 Å². The SMILES string of the molecule is COc1cc(C(=O)NCc2nc(C3COCCN3C)n[nH]2)ccc1F. The molecule has 8 nitrogen and oxygen atoms in total. The number of aromatic nitrogens is 3.